The Morgan fingerprint density at radius 2 is 2.00 bits per heavy atom. The maximum atomic E-state index is 12.7. The molecule has 0 unspecified atom stereocenters. The number of aromatic amines is 1. The van der Waals surface area contributed by atoms with E-state index >= 15 is 0 Å². The van der Waals surface area contributed by atoms with Crippen LogP contribution in [0.4, 0.5) is 11.5 Å². The van der Waals surface area contributed by atoms with Crippen LogP contribution in [0.5, 0.6) is 5.75 Å². The summed E-state index contributed by atoms with van der Waals surface area (Å²) in [6.45, 7) is 3.03. The van der Waals surface area contributed by atoms with E-state index in [1.807, 2.05) is 31.2 Å². The van der Waals surface area contributed by atoms with Gasteiger partial charge in [-0.05, 0) is 12.5 Å². The topological polar surface area (TPSA) is 132 Å². The van der Waals surface area contributed by atoms with Crippen molar-refractivity contribution < 1.29 is 14.3 Å². The Balaban J connectivity index is 2.24. The number of H-pyrrole nitrogens is 1. The molecule has 2 aromatic rings. The molecule has 1 aromatic heterocycles. The van der Waals surface area contributed by atoms with E-state index in [1.54, 1.807) is 7.11 Å². The molecule has 0 aliphatic carbocycles. The Kier molecular flexibility index (Phi) is 9.13. The summed E-state index contributed by atoms with van der Waals surface area (Å²) >= 11 is 0. The third-order valence-corrected chi connectivity index (χ3v) is 4.83. The number of amides is 1. The van der Waals surface area contributed by atoms with Gasteiger partial charge in [0.2, 0.25) is 5.91 Å². The maximum absolute atomic E-state index is 12.7. The molecule has 10 nitrogen and oxygen atoms in total. The Labute approximate surface area is 181 Å². The zero-order valence-corrected chi connectivity index (χ0v) is 18.3. The number of para-hydroxylation sites is 1. The number of nitrogens with one attached hydrogen (secondary N) is 2. The first kappa shape index (κ1) is 24.0. The number of benzene rings is 1. The molecule has 0 aliphatic heterocycles. The van der Waals surface area contributed by atoms with Crippen LogP contribution < -0.4 is 31.9 Å². The van der Waals surface area contributed by atoms with Crippen molar-refractivity contribution in [3.8, 4) is 5.75 Å². The van der Waals surface area contributed by atoms with Crippen LogP contribution >= 0.6 is 0 Å². The average Bonchev–Trinajstić information content (AvgIpc) is 2.75. The van der Waals surface area contributed by atoms with Crippen molar-refractivity contribution in [2.45, 2.75) is 32.9 Å². The number of aromatic nitrogens is 2. The number of nitrogens with two attached hydrogens (primary N) is 1. The Bertz CT molecular complexity index is 985. The van der Waals surface area contributed by atoms with Crippen molar-refractivity contribution in [1.82, 2.24) is 14.9 Å². The molecule has 0 aliphatic rings. The second-order valence-corrected chi connectivity index (χ2v) is 7.00. The van der Waals surface area contributed by atoms with Crippen LogP contribution in [-0.2, 0) is 22.6 Å². The molecule has 10 heteroatoms. The van der Waals surface area contributed by atoms with Gasteiger partial charge < -0.3 is 25.4 Å². The number of anilines is 2. The van der Waals surface area contributed by atoms with Gasteiger partial charge in [-0.15, -0.1) is 0 Å². The highest BCUT2D eigenvalue weighted by Gasteiger charge is 2.21. The number of carbonyl (C=O) groups is 1. The minimum atomic E-state index is -0.635. The minimum absolute atomic E-state index is 0.0378. The van der Waals surface area contributed by atoms with Gasteiger partial charge >= 0.3 is 5.69 Å². The lowest BCUT2D eigenvalue weighted by Crippen LogP contribution is -2.44. The number of ether oxygens (including phenoxy) is 2. The van der Waals surface area contributed by atoms with Gasteiger partial charge in [-0.2, -0.15) is 0 Å². The summed E-state index contributed by atoms with van der Waals surface area (Å²) in [4.78, 5) is 41.2. The van der Waals surface area contributed by atoms with E-state index in [0.29, 0.717) is 12.3 Å². The molecule has 0 bridgehead atoms. The van der Waals surface area contributed by atoms with Crippen molar-refractivity contribution >= 4 is 17.4 Å². The zero-order chi connectivity index (χ0) is 22.8. The molecule has 0 saturated carbocycles. The highest BCUT2D eigenvalue weighted by molar-refractivity contribution is 5.82. The van der Waals surface area contributed by atoms with E-state index in [-0.39, 0.29) is 43.7 Å². The van der Waals surface area contributed by atoms with Gasteiger partial charge in [0.1, 0.15) is 17.3 Å². The lowest BCUT2D eigenvalue weighted by atomic mass is 10.2. The van der Waals surface area contributed by atoms with Crippen LogP contribution in [0, 0.1) is 0 Å². The van der Waals surface area contributed by atoms with Crippen LogP contribution in [0.3, 0.4) is 0 Å². The lowest BCUT2D eigenvalue weighted by molar-refractivity contribution is -0.119. The Hall–Kier alpha value is -3.27. The molecule has 4 N–H and O–H groups in total. The summed E-state index contributed by atoms with van der Waals surface area (Å²) in [6, 6.07) is 7.37. The van der Waals surface area contributed by atoms with E-state index in [0.717, 1.165) is 18.4 Å². The predicted molar refractivity (Wildman–Crippen MR) is 120 cm³/mol. The van der Waals surface area contributed by atoms with Gasteiger partial charge in [0.05, 0.1) is 20.3 Å². The molecule has 31 heavy (non-hydrogen) atoms. The summed E-state index contributed by atoms with van der Waals surface area (Å²) in [5, 5.41) is 2.83. The van der Waals surface area contributed by atoms with Gasteiger partial charge in [-0.25, -0.2) is 4.79 Å². The maximum Gasteiger partial charge on any atom is 0.330 e. The van der Waals surface area contributed by atoms with E-state index in [9.17, 15) is 14.4 Å². The van der Waals surface area contributed by atoms with Gasteiger partial charge in [0, 0.05) is 32.3 Å². The van der Waals surface area contributed by atoms with Crippen LogP contribution in [0.1, 0.15) is 25.3 Å². The van der Waals surface area contributed by atoms with Crippen LogP contribution in [0.15, 0.2) is 33.9 Å². The van der Waals surface area contributed by atoms with E-state index in [4.69, 9.17) is 15.2 Å². The first-order valence-corrected chi connectivity index (χ1v) is 10.2. The Morgan fingerprint density at radius 1 is 1.26 bits per heavy atom. The molecule has 1 amide bonds. The monoisotopic (exact) mass is 433 g/mol. The summed E-state index contributed by atoms with van der Waals surface area (Å²) < 4.78 is 11.7. The zero-order valence-electron chi connectivity index (χ0n) is 18.3. The summed E-state index contributed by atoms with van der Waals surface area (Å²) in [7, 11) is 3.09. The standard InChI is InChI=1S/C21H31N5O5/c1-4-5-10-26-19(22)18(20(28)24-21(26)29)25(11-12-30-2)14-17(27)23-13-15-8-6-7-9-16(15)31-3/h6-9H,4-5,10-14,22H2,1-3H3,(H,23,27)(H,24,28,29). The average molecular weight is 434 g/mol. The number of hydrogen-bond donors (Lipinski definition) is 3. The molecule has 0 fully saturated rings. The van der Waals surface area contributed by atoms with Gasteiger partial charge in [0.15, 0.2) is 0 Å². The first-order chi connectivity index (χ1) is 14.9. The van der Waals surface area contributed by atoms with E-state index < -0.39 is 11.2 Å². The quantitative estimate of drug-likeness (QED) is 0.449. The summed E-state index contributed by atoms with van der Waals surface area (Å²) in [5.74, 6) is 0.394. The van der Waals surface area contributed by atoms with Crippen molar-refractivity contribution in [2.24, 2.45) is 0 Å². The number of rotatable bonds is 12. The normalized spacial score (nSPS) is 10.7. The van der Waals surface area contributed by atoms with Crippen molar-refractivity contribution in [1.29, 1.82) is 0 Å². The highest BCUT2D eigenvalue weighted by atomic mass is 16.5. The largest absolute Gasteiger partial charge is 0.496 e. The van der Waals surface area contributed by atoms with Crippen molar-refractivity contribution in [3.63, 3.8) is 0 Å². The van der Waals surface area contributed by atoms with Crippen LogP contribution in [0.2, 0.25) is 0 Å². The molecule has 0 atom stereocenters. The van der Waals surface area contributed by atoms with Gasteiger partial charge in [0.25, 0.3) is 5.56 Å². The fraction of sp³-hybridized carbons (Fsp3) is 0.476. The molecule has 1 aromatic carbocycles. The third-order valence-electron chi connectivity index (χ3n) is 4.83. The number of unbranched alkanes of at least 4 members (excludes halogenated alkanes) is 1. The molecule has 0 radical (unpaired) electrons. The molecule has 2 rings (SSSR count). The summed E-state index contributed by atoms with van der Waals surface area (Å²) in [5.41, 5.74) is 5.90. The Morgan fingerprint density at radius 3 is 2.68 bits per heavy atom. The minimum Gasteiger partial charge on any atom is -0.496 e. The van der Waals surface area contributed by atoms with Gasteiger partial charge in [-0.3, -0.25) is 19.1 Å². The third kappa shape index (κ3) is 6.35. The molecule has 0 spiro atoms. The molecule has 0 saturated heterocycles. The smallest absolute Gasteiger partial charge is 0.330 e. The SMILES string of the molecule is CCCCn1c(N)c(N(CCOC)CC(=O)NCc2ccccc2OC)c(=O)[nH]c1=O. The second-order valence-electron chi connectivity index (χ2n) is 7.00. The number of methoxy groups -OCH3 is 2. The molecular formula is C21H31N5O5. The highest BCUT2D eigenvalue weighted by Crippen LogP contribution is 2.18. The second kappa shape index (κ2) is 11.8. The fourth-order valence-electron chi connectivity index (χ4n) is 3.16. The first-order valence-electron chi connectivity index (χ1n) is 10.2. The van der Waals surface area contributed by atoms with Crippen molar-refractivity contribution in [3.05, 3.63) is 50.7 Å². The number of hydrogen-bond acceptors (Lipinski definition) is 7. The number of nitrogen functional groups attached to an aromatic ring is 1. The van der Waals surface area contributed by atoms with E-state index in [1.165, 1.54) is 16.6 Å². The molecular weight excluding hydrogens is 402 g/mol. The summed E-state index contributed by atoms with van der Waals surface area (Å²) in [6.07, 6.45) is 1.59. The molecule has 1 heterocycles. The fourth-order valence-corrected chi connectivity index (χ4v) is 3.16. The lowest BCUT2D eigenvalue weighted by Gasteiger charge is -2.25. The van der Waals surface area contributed by atoms with Crippen LogP contribution in [0.25, 0.3) is 0 Å². The molecule has 170 valence electrons. The van der Waals surface area contributed by atoms with Gasteiger partial charge in [-0.1, -0.05) is 31.5 Å². The van der Waals surface area contributed by atoms with Crippen molar-refractivity contribution in [2.75, 3.05) is 44.5 Å². The van der Waals surface area contributed by atoms with Crippen LogP contribution in [-0.4, -0.2) is 49.4 Å². The van der Waals surface area contributed by atoms with E-state index in [2.05, 4.69) is 10.3 Å². The number of carbonyl (C=O) groups excluding carboxylic acids is 1. The number of nitrogens with zero attached hydrogens (tertiary/aromatic N) is 2. The predicted octanol–water partition coefficient (Wildman–Crippen LogP) is 0.697.